The Kier molecular flexibility index (Phi) is 5.44. The highest BCUT2D eigenvalue weighted by atomic mass is 32.1. The number of aromatic nitrogens is 1. The third-order valence-corrected chi connectivity index (χ3v) is 6.15. The van der Waals surface area contributed by atoms with Crippen LogP contribution in [0.15, 0.2) is 96.1 Å². The van der Waals surface area contributed by atoms with Crippen molar-refractivity contribution in [3.63, 3.8) is 0 Å². The molecule has 1 aliphatic rings. The Hall–Kier alpha value is -3.90. The van der Waals surface area contributed by atoms with Crippen molar-refractivity contribution in [2.45, 2.75) is 6.61 Å². The molecule has 2 N–H and O–H groups in total. The fraction of sp³-hybridized carbons (Fsp3) is 0.0769. The summed E-state index contributed by atoms with van der Waals surface area (Å²) in [6, 6.07) is 27.5. The van der Waals surface area contributed by atoms with E-state index in [1.165, 1.54) is 11.3 Å². The molecular weight excluding hydrogens is 418 g/mol. The number of nitrogens with one attached hydrogen (secondary N) is 1. The van der Waals surface area contributed by atoms with E-state index in [0.717, 1.165) is 28.3 Å². The van der Waals surface area contributed by atoms with E-state index in [-0.39, 0.29) is 18.1 Å². The van der Waals surface area contributed by atoms with Crippen molar-refractivity contribution in [1.29, 1.82) is 5.41 Å². The molecule has 0 bridgehead atoms. The van der Waals surface area contributed by atoms with Crippen molar-refractivity contribution >= 4 is 28.4 Å². The number of rotatable bonds is 6. The highest BCUT2D eigenvalue weighted by Gasteiger charge is 2.31. The number of anilines is 1. The predicted octanol–water partition coefficient (Wildman–Crippen LogP) is 6.16. The van der Waals surface area contributed by atoms with Gasteiger partial charge in [0, 0.05) is 16.6 Å². The Morgan fingerprint density at radius 2 is 1.62 bits per heavy atom. The lowest BCUT2D eigenvalue weighted by Crippen LogP contribution is -2.25. The van der Waals surface area contributed by atoms with Gasteiger partial charge in [-0.25, -0.2) is 4.98 Å². The van der Waals surface area contributed by atoms with E-state index in [1.54, 1.807) is 4.90 Å². The standard InChI is InChI=1S/C26H21N3O2S/c27-25-24(26-28-22(17-32-26)19-9-5-2-6-10-19)23(30)15-29(25)20-11-13-21(14-12-20)31-16-18-7-3-1-4-8-18/h1-14,17,27,30H,15-16H2. The van der Waals surface area contributed by atoms with E-state index in [0.29, 0.717) is 17.2 Å². The highest BCUT2D eigenvalue weighted by molar-refractivity contribution is 7.11. The molecule has 0 radical (unpaired) electrons. The first-order valence-corrected chi connectivity index (χ1v) is 11.1. The number of hydrogen-bond acceptors (Lipinski definition) is 5. The molecule has 0 atom stereocenters. The molecule has 158 valence electrons. The molecule has 0 spiro atoms. The lowest BCUT2D eigenvalue weighted by molar-refractivity contribution is 0.306. The summed E-state index contributed by atoms with van der Waals surface area (Å²) in [5.41, 5.74) is 4.28. The summed E-state index contributed by atoms with van der Waals surface area (Å²) in [6.07, 6.45) is 0. The van der Waals surface area contributed by atoms with E-state index >= 15 is 0 Å². The maximum Gasteiger partial charge on any atom is 0.139 e. The van der Waals surface area contributed by atoms with Crippen LogP contribution in [0.2, 0.25) is 0 Å². The van der Waals surface area contributed by atoms with Gasteiger partial charge in [-0.2, -0.15) is 0 Å². The fourth-order valence-corrected chi connectivity index (χ4v) is 4.51. The normalized spacial score (nSPS) is 13.6. The predicted molar refractivity (Wildman–Crippen MR) is 129 cm³/mol. The monoisotopic (exact) mass is 439 g/mol. The molecule has 0 amide bonds. The maximum atomic E-state index is 10.6. The van der Waals surface area contributed by atoms with Gasteiger partial charge in [-0.15, -0.1) is 11.3 Å². The van der Waals surface area contributed by atoms with Crippen LogP contribution in [-0.2, 0) is 6.61 Å². The molecule has 0 fully saturated rings. The highest BCUT2D eigenvalue weighted by Crippen LogP contribution is 2.34. The molecule has 0 aliphatic carbocycles. The number of aliphatic hydroxyl groups is 1. The largest absolute Gasteiger partial charge is 0.510 e. The SMILES string of the molecule is N=C1C(c2nc(-c3ccccc3)cs2)=C(O)CN1c1ccc(OCc2ccccc2)cc1. The first-order valence-electron chi connectivity index (χ1n) is 10.3. The van der Waals surface area contributed by atoms with Crippen LogP contribution in [-0.4, -0.2) is 22.5 Å². The Morgan fingerprint density at radius 1 is 0.938 bits per heavy atom. The Labute approximate surface area is 190 Å². The van der Waals surface area contributed by atoms with Gasteiger partial charge < -0.3 is 14.7 Å². The Morgan fingerprint density at radius 3 is 2.34 bits per heavy atom. The molecule has 2 heterocycles. The summed E-state index contributed by atoms with van der Waals surface area (Å²) >= 11 is 1.44. The molecule has 0 unspecified atom stereocenters. The average Bonchev–Trinajstić information content (AvgIpc) is 3.43. The van der Waals surface area contributed by atoms with Crippen LogP contribution in [0.25, 0.3) is 16.8 Å². The van der Waals surface area contributed by atoms with Gasteiger partial charge in [-0.05, 0) is 29.8 Å². The molecular formula is C26H21N3O2S. The maximum absolute atomic E-state index is 10.6. The van der Waals surface area contributed by atoms with Crippen molar-refractivity contribution in [2.75, 3.05) is 11.4 Å². The summed E-state index contributed by atoms with van der Waals surface area (Å²) in [6.45, 7) is 0.749. The molecule has 6 heteroatoms. The van der Waals surface area contributed by atoms with E-state index in [1.807, 2.05) is 90.3 Å². The third kappa shape index (κ3) is 4.00. The molecule has 5 nitrogen and oxygen atoms in total. The van der Waals surface area contributed by atoms with Crippen LogP contribution in [0.5, 0.6) is 5.75 Å². The van der Waals surface area contributed by atoms with Gasteiger partial charge in [-0.1, -0.05) is 60.7 Å². The minimum absolute atomic E-state index is 0.161. The summed E-state index contributed by atoms with van der Waals surface area (Å²) in [5, 5.41) is 21.9. The minimum atomic E-state index is 0.161. The molecule has 0 saturated carbocycles. The van der Waals surface area contributed by atoms with Crippen LogP contribution in [0.1, 0.15) is 10.6 Å². The smallest absolute Gasteiger partial charge is 0.139 e. The first-order chi connectivity index (χ1) is 15.7. The summed E-state index contributed by atoms with van der Waals surface area (Å²) in [4.78, 5) is 6.44. The van der Waals surface area contributed by atoms with E-state index in [2.05, 4.69) is 4.98 Å². The van der Waals surface area contributed by atoms with Crippen LogP contribution < -0.4 is 9.64 Å². The third-order valence-electron chi connectivity index (χ3n) is 5.29. The van der Waals surface area contributed by atoms with Crippen LogP contribution in [0.4, 0.5) is 5.69 Å². The number of thiazole rings is 1. The van der Waals surface area contributed by atoms with E-state index < -0.39 is 0 Å². The number of benzene rings is 3. The Bertz CT molecular complexity index is 1270. The van der Waals surface area contributed by atoms with Crippen molar-refractivity contribution in [3.8, 4) is 17.0 Å². The summed E-state index contributed by atoms with van der Waals surface area (Å²) in [7, 11) is 0. The number of aliphatic hydroxyl groups excluding tert-OH is 1. The average molecular weight is 440 g/mol. The quantitative estimate of drug-likeness (QED) is 0.378. The summed E-state index contributed by atoms with van der Waals surface area (Å²) < 4.78 is 5.85. The van der Waals surface area contributed by atoms with Gasteiger partial charge in [0.15, 0.2) is 0 Å². The van der Waals surface area contributed by atoms with Crippen LogP contribution >= 0.6 is 11.3 Å². The zero-order chi connectivity index (χ0) is 21.9. The lowest BCUT2D eigenvalue weighted by Gasteiger charge is -2.19. The lowest BCUT2D eigenvalue weighted by atomic mass is 10.2. The second kappa shape index (κ2) is 8.69. The Balaban J connectivity index is 1.30. The van der Waals surface area contributed by atoms with E-state index in [9.17, 15) is 5.11 Å². The van der Waals surface area contributed by atoms with Gasteiger partial charge in [0.25, 0.3) is 0 Å². The van der Waals surface area contributed by atoms with Gasteiger partial charge in [0.1, 0.15) is 29.0 Å². The number of nitrogens with zero attached hydrogens (tertiary/aromatic N) is 2. The topological polar surface area (TPSA) is 69.4 Å². The number of amidine groups is 1. The van der Waals surface area contributed by atoms with Gasteiger partial charge in [0.05, 0.1) is 17.8 Å². The molecule has 0 saturated heterocycles. The van der Waals surface area contributed by atoms with Crippen LogP contribution in [0.3, 0.4) is 0 Å². The van der Waals surface area contributed by atoms with Gasteiger partial charge >= 0.3 is 0 Å². The number of hydrogen-bond donors (Lipinski definition) is 2. The van der Waals surface area contributed by atoms with Crippen molar-refractivity contribution in [2.24, 2.45) is 0 Å². The molecule has 5 rings (SSSR count). The fourth-order valence-electron chi connectivity index (χ4n) is 3.62. The minimum Gasteiger partial charge on any atom is -0.510 e. The van der Waals surface area contributed by atoms with Crippen molar-refractivity contribution < 1.29 is 9.84 Å². The molecule has 4 aromatic rings. The second-order valence-corrected chi connectivity index (χ2v) is 8.29. The zero-order valence-electron chi connectivity index (χ0n) is 17.2. The second-order valence-electron chi connectivity index (χ2n) is 7.43. The van der Waals surface area contributed by atoms with Crippen LogP contribution in [0, 0.1) is 5.41 Å². The molecule has 3 aromatic carbocycles. The molecule has 1 aromatic heterocycles. The van der Waals surface area contributed by atoms with Crippen molar-refractivity contribution in [3.05, 3.63) is 107 Å². The van der Waals surface area contributed by atoms with Gasteiger partial charge in [-0.3, -0.25) is 5.41 Å². The zero-order valence-corrected chi connectivity index (χ0v) is 18.0. The molecule has 32 heavy (non-hydrogen) atoms. The summed E-state index contributed by atoms with van der Waals surface area (Å²) in [5.74, 6) is 1.16. The number of ether oxygens (including phenoxy) is 1. The van der Waals surface area contributed by atoms with E-state index in [4.69, 9.17) is 10.1 Å². The first kappa shape index (κ1) is 20.0. The molecule has 1 aliphatic heterocycles. The van der Waals surface area contributed by atoms with Crippen molar-refractivity contribution in [1.82, 2.24) is 4.98 Å². The van der Waals surface area contributed by atoms with Gasteiger partial charge in [0.2, 0.25) is 0 Å².